The molecule has 1 unspecified atom stereocenters. The van der Waals surface area contributed by atoms with Crippen molar-refractivity contribution in [2.45, 2.75) is 18.6 Å². The van der Waals surface area contributed by atoms with Crippen LogP contribution in [0.5, 0.6) is 0 Å². The molecule has 0 amide bonds. The first kappa shape index (κ1) is 8.63. The van der Waals surface area contributed by atoms with Gasteiger partial charge in [0.25, 0.3) is 0 Å². The first-order valence-electron chi connectivity index (χ1n) is 4.34. The standard InChI is InChI=1S/C10H12N2S/c1-7-2-4-9(13-7)8-3-5-10(11)12-6-8/h3-7H,2H2,1H3,(H2,11,12). The lowest BCUT2D eigenvalue weighted by atomic mass is 10.2. The lowest BCUT2D eigenvalue weighted by Crippen LogP contribution is -1.90. The molecule has 2 rings (SSSR count). The molecule has 1 aliphatic rings. The molecule has 0 spiro atoms. The Morgan fingerprint density at radius 3 is 2.92 bits per heavy atom. The van der Waals surface area contributed by atoms with Crippen molar-refractivity contribution in [1.29, 1.82) is 0 Å². The number of hydrogen-bond acceptors (Lipinski definition) is 3. The Morgan fingerprint density at radius 1 is 1.54 bits per heavy atom. The molecule has 1 aliphatic heterocycles. The molecule has 1 aromatic heterocycles. The molecule has 2 N–H and O–H groups in total. The summed E-state index contributed by atoms with van der Waals surface area (Å²) in [7, 11) is 0. The number of rotatable bonds is 1. The highest BCUT2D eigenvalue weighted by Gasteiger charge is 2.14. The predicted octanol–water partition coefficient (Wildman–Crippen LogP) is 2.53. The van der Waals surface area contributed by atoms with Gasteiger partial charge in [0.1, 0.15) is 5.82 Å². The number of thioether (sulfide) groups is 1. The van der Waals surface area contributed by atoms with E-state index in [1.165, 1.54) is 10.5 Å². The molecule has 0 aliphatic carbocycles. The molecule has 0 fully saturated rings. The molecule has 0 aromatic carbocycles. The maximum atomic E-state index is 5.52. The molecule has 0 saturated heterocycles. The zero-order valence-electron chi connectivity index (χ0n) is 7.53. The fraction of sp³-hybridized carbons (Fsp3) is 0.300. The van der Waals surface area contributed by atoms with Gasteiger partial charge in [-0.15, -0.1) is 11.8 Å². The fourth-order valence-electron chi connectivity index (χ4n) is 1.32. The number of hydrogen-bond donors (Lipinski definition) is 1. The smallest absolute Gasteiger partial charge is 0.123 e. The Morgan fingerprint density at radius 2 is 2.38 bits per heavy atom. The molecular formula is C10H12N2S. The van der Waals surface area contributed by atoms with E-state index in [-0.39, 0.29) is 0 Å². The van der Waals surface area contributed by atoms with E-state index in [9.17, 15) is 0 Å². The summed E-state index contributed by atoms with van der Waals surface area (Å²) < 4.78 is 0. The molecule has 1 aromatic rings. The number of nitrogens with zero attached hydrogens (tertiary/aromatic N) is 1. The summed E-state index contributed by atoms with van der Waals surface area (Å²) in [6, 6.07) is 3.87. The Hall–Kier alpha value is -0.960. The summed E-state index contributed by atoms with van der Waals surface area (Å²) in [5.74, 6) is 0.584. The SMILES string of the molecule is CC1CC=C(c2ccc(N)nc2)S1. The zero-order chi connectivity index (χ0) is 9.26. The van der Waals surface area contributed by atoms with Gasteiger partial charge in [0, 0.05) is 21.9 Å². The molecule has 0 radical (unpaired) electrons. The van der Waals surface area contributed by atoms with Gasteiger partial charge in [0.15, 0.2) is 0 Å². The number of anilines is 1. The summed E-state index contributed by atoms with van der Waals surface area (Å²) in [6.07, 6.45) is 5.26. The van der Waals surface area contributed by atoms with Crippen LogP contribution in [0.3, 0.4) is 0 Å². The van der Waals surface area contributed by atoms with Crippen LogP contribution < -0.4 is 5.73 Å². The molecule has 2 heterocycles. The van der Waals surface area contributed by atoms with E-state index in [1.807, 2.05) is 30.1 Å². The number of nitrogen functional groups attached to an aromatic ring is 1. The van der Waals surface area contributed by atoms with Crippen molar-refractivity contribution < 1.29 is 0 Å². The van der Waals surface area contributed by atoms with E-state index >= 15 is 0 Å². The van der Waals surface area contributed by atoms with Crippen molar-refractivity contribution >= 4 is 22.5 Å². The average molecular weight is 192 g/mol. The van der Waals surface area contributed by atoms with E-state index in [0.717, 1.165) is 6.42 Å². The van der Waals surface area contributed by atoms with Crippen LogP contribution in [0.4, 0.5) is 5.82 Å². The fourth-order valence-corrected chi connectivity index (χ4v) is 2.40. The minimum absolute atomic E-state index is 0.584. The predicted molar refractivity (Wildman–Crippen MR) is 58.3 cm³/mol. The van der Waals surface area contributed by atoms with E-state index in [0.29, 0.717) is 11.1 Å². The maximum absolute atomic E-state index is 5.52. The molecule has 13 heavy (non-hydrogen) atoms. The van der Waals surface area contributed by atoms with Crippen LogP contribution in [0.25, 0.3) is 4.91 Å². The van der Waals surface area contributed by atoms with Gasteiger partial charge in [-0.1, -0.05) is 13.0 Å². The Bertz CT molecular complexity index is 329. The molecule has 68 valence electrons. The molecule has 1 atom stereocenters. The Kier molecular flexibility index (Phi) is 2.27. The van der Waals surface area contributed by atoms with Gasteiger partial charge in [-0.3, -0.25) is 0 Å². The van der Waals surface area contributed by atoms with E-state index in [4.69, 9.17) is 5.73 Å². The Labute approximate surface area is 82.2 Å². The van der Waals surface area contributed by atoms with Gasteiger partial charge in [-0.25, -0.2) is 4.98 Å². The summed E-state index contributed by atoms with van der Waals surface area (Å²) in [4.78, 5) is 5.41. The molecule has 0 saturated carbocycles. The molecule has 0 bridgehead atoms. The lowest BCUT2D eigenvalue weighted by Gasteiger charge is -2.03. The van der Waals surface area contributed by atoms with Crippen molar-refractivity contribution in [3.8, 4) is 0 Å². The molecule has 3 heteroatoms. The van der Waals surface area contributed by atoms with Gasteiger partial charge in [-0.2, -0.15) is 0 Å². The van der Waals surface area contributed by atoms with E-state index in [2.05, 4.69) is 18.0 Å². The quantitative estimate of drug-likeness (QED) is 0.743. The van der Waals surface area contributed by atoms with Crippen LogP contribution >= 0.6 is 11.8 Å². The lowest BCUT2D eigenvalue weighted by molar-refractivity contribution is 1.00. The molecule has 2 nitrogen and oxygen atoms in total. The highest BCUT2D eigenvalue weighted by atomic mass is 32.2. The van der Waals surface area contributed by atoms with Crippen molar-refractivity contribution in [2.75, 3.05) is 5.73 Å². The monoisotopic (exact) mass is 192 g/mol. The van der Waals surface area contributed by atoms with Gasteiger partial charge >= 0.3 is 0 Å². The summed E-state index contributed by atoms with van der Waals surface area (Å²) in [6.45, 7) is 2.24. The average Bonchev–Trinajstić information content (AvgIpc) is 2.53. The minimum Gasteiger partial charge on any atom is -0.384 e. The number of nitrogens with two attached hydrogens (primary N) is 1. The van der Waals surface area contributed by atoms with E-state index in [1.54, 1.807) is 0 Å². The largest absolute Gasteiger partial charge is 0.384 e. The van der Waals surface area contributed by atoms with Crippen LogP contribution in [0, 0.1) is 0 Å². The van der Waals surface area contributed by atoms with E-state index < -0.39 is 0 Å². The summed E-state index contributed by atoms with van der Waals surface area (Å²) >= 11 is 1.90. The zero-order valence-corrected chi connectivity index (χ0v) is 8.34. The summed E-state index contributed by atoms with van der Waals surface area (Å²) in [5.41, 5.74) is 6.70. The molecular weight excluding hydrogens is 180 g/mol. The van der Waals surface area contributed by atoms with Gasteiger partial charge < -0.3 is 5.73 Å². The van der Waals surface area contributed by atoms with Crippen LogP contribution in [0.2, 0.25) is 0 Å². The highest BCUT2D eigenvalue weighted by molar-refractivity contribution is 8.09. The van der Waals surface area contributed by atoms with Crippen LogP contribution in [-0.4, -0.2) is 10.2 Å². The first-order chi connectivity index (χ1) is 6.25. The number of aromatic nitrogens is 1. The third-order valence-corrected chi connectivity index (χ3v) is 3.29. The van der Waals surface area contributed by atoms with Gasteiger partial charge in [0.2, 0.25) is 0 Å². The van der Waals surface area contributed by atoms with Crippen molar-refractivity contribution in [2.24, 2.45) is 0 Å². The first-order valence-corrected chi connectivity index (χ1v) is 5.22. The normalized spacial score (nSPS) is 21.6. The summed E-state index contributed by atoms with van der Waals surface area (Å²) in [5, 5.41) is 0.701. The van der Waals surface area contributed by atoms with Gasteiger partial charge in [-0.05, 0) is 18.6 Å². The minimum atomic E-state index is 0.584. The van der Waals surface area contributed by atoms with Crippen LogP contribution in [0.1, 0.15) is 18.9 Å². The highest BCUT2D eigenvalue weighted by Crippen LogP contribution is 2.38. The van der Waals surface area contributed by atoms with Crippen LogP contribution in [-0.2, 0) is 0 Å². The Balaban J connectivity index is 2.22. The van der Waals surface area contributed by atoms with Crippen LogP contribution in [0.15, 0.2) is 24.4 Å². The second-order valence-corrected chi connectivity index (χ2v) is 4.68. The topological polar surface area (TPSA) is 38.9 Å². The maximum Gasteiger partial charge on any atom is 0.123 e. The van der Waals surface area contributed by atoms with Gasteiger partial charge in [0.05, 0.1) is 0 Å². The number of allylic oxidation sites excluding steroid dienone is 1. The third kappa shape index (κ3) is 1.86. The van der Waals surface area contributed by atoms with Crippen molar-refractivity contribution in [3.63, 3.8) is 0 Å². The second kappa shape index (κ2) is 3.42. The second-order valence-electron chi connectivity index (χ2n) is 3.20. The third-order valence-electron chi connectivity index (χ3n) is 2.03. The van der Waals surface area contributed by atoms with Crippen molar-refractivity contribution in [1.82, 2.24) is 4.98 Å². The van der Waals surface area contributed by atoms with Crippen molar-refractivity contribution in [3.05, 3.63) is 30.0 Å². The number of pyridine rings is 1.